The third-order valence-corrected chi connectivity index (χ3v) is 2.68. The van der Waals surface area contributed by atoms with Crippen molar-refractivity contribution < 1.29 is 4.79 Å². The van der Waals surface area contributed by atoms with Gasteiger partial charge in [-0.25, -0.2) is 0 Å². The molecule has 1 rings (SSSR count). The Kier molecular flexibility index (Phi) is 4.43. The number of hydrogen-bond donors (Lipinski definition) is 0. The van der Waals surface area contributed by atoms with Gasteiger partial charge in [-0.3, -0.25) is 14.7 Å². The number of nitrogens with zero attached hydrogens (tertiary/aromatic N) is 2. The van der Waals surface area contributed by atoms with Crippen LogP contribution >= 0.6 is 0 Å². The molecule has 0 aliphatic heterocycles. The Labute approximate surface area is 91.1 Å². The van der Waals surface area contributed by atoms with Gasteiger partial charge in [0, 0.05) is 18.9 Å². The molecule has 1 unspecified atom stereocenters. The summed E-state index contributed by atoms with van der Waals surface area (Å²) in [7, 11) is 0. The largest absolute Gasteiger partial charge is 0.298 e. The number of carbonyl (C=O) groups excluding carboxylic acids is 1. The molecule has 1 aromatic heterocycles. The first kappa shape index (κ1) is 11.9. The van der Waals surface area contributed by atoms with Crippen LogP contribution in [-0.4, -0.2) is 28.3 Å². The van der Waals surface area contributed by atoms with Gasteiger partial charge in [-0.2, -0.15) is 0 Å². The fraction of sp³-hybridized carbons (Fsp3) is 0.500. The van der Waals surface area contributed by atoms with Crippen LogP contribution in [0.15, 0.2) is 24.5 Å². The summed E-state index contributed by atoms with van der Waals surface area (Å²) in [6, 6.07) is 3.95. The molecule has 3 nitrogen and oxygen atoms in total. The minimum Gasteiger partial charge on any atom is -0.298 e. The number of rotatable bonds is 5. The van der Waals surface area contributed by atoms with Crippen LogP contribution in [0.5, 0.6) is 0 Å². The Morgan fingerprint density at radius 1 is 1.47 bits per heavy atom. The average molecular weight is 206 g/mol. The van der Waals surface area contributed by atoms with Gasteiger partial charge in [-0.15, -0.1) is 0 Å². The summed E-state index contributed by atoms with van der Waals surface area (Å²) in [6.07, 6.45) is 3.56. The molecule has 0 bridgehead atoms. The summed E-state index contributed by atoms with van der Waals surface area (Å²) in [4.78, 5) is 17.4. The molecule has 0 saturated carbocycles. The first-order valence-electron chi connectivity index (χ1n) is 5.28. The second-order valence-electron chi connectivity index (χ2n) is 3.71. The fourth-order valence-corrected chi connectivity index (χ4v) is 1.50. The number of pyridine rings is 1. The lowest BCUT2D eigenvalue weighted by Crippen LogP contribution is -2.37. The van der Waals surface area contributed by atoms with Crippen molar-refractivity contribution in [3.8, 4) is 0 Å². The van der Waals surface area contributed by atoms with Crippen LogP contribution < -0.4 is 0 Å². The van der Waals surface area contributed by atoms with Gasteiger partial charge in [0.05, 0.1) is 6.04 Å². The molecule has 0 saturated heterocycles. The summed E-state index contributed by atoms with van der Waals surface area (Å²) in [6.45, 7) is 7.34. The molecule has 0 fully saturated rings. The molecule has 0 aliphatic carbocycles. The zero-order valence-electron chi connectivity index (χ0n) is 9.60. The topological polar surface area (TPSA) is 33.2 Å². The fourth-order valence-electron chi connectivity index (χ4n) is 1.50. The lowest BCUT2D eigenvalue weighted by molar-refractivity contribution is -0.121. The molecule has 3 heteroatoms. The van der Waals surface area contributed by atoms with Crippen molar-refractivity contribution in [2.45, 2.75) is 33.4 Å². The summed E-state index contributed by atoms with van der Waals surface area (Å²) in [5.74, 6) is 0.214. The highest BCUT2D eigenvalue weighted by Crippen LogP contribution is 2.07. The van der Waals surface area contributed by atoms with Crippen molar-refractivity contribution in [1.82, 2.24) is 9.88 Å². The van der Waals surface area contributed by atoms with Gasteiger partial charge < -0.3 is 0 Å². The number of ketones is 1. The van der Waals surface area contributed by atoms with Gasteiger partial charge in [0.2, 0.25) is 0 Å². The minimum absolute atomic E-state index is 0.0110. The predicted octanol–water partition coefficient (Wildman–Crippen LogP) is 1.88. The van der Waals surface area contributed by atoms with Gasteiger partial charge in [-0.05, 0) is 38.1 Å². The van der Waals surface area contributed by atoms with Crippen molar-refractivity contribution in [3.63, 3.8) is 0 Å². The molecule has 1 heterocycles. The third kappa shape index (κ3) is 3.44. The zero-order valence-corrected chi connectivity index (χ0v) is 9.60. The van der Waals surface area contributed by atoms with E-state index in [-0.39, 0.29) is 11.8 Å². The van der Waals surface area contributed by atoms with Crippen LogP contribution in [0.3, 0.4) is 0 Å². The molecule has 1 atom stereocenters. The standard InChI is InChI=1S/C12H18N2O/c1-4-14(10(2)11(3)15)9-12-5-7-13-8-6-12/h5-8,10H,4,9H2,1-3H3. The molecule has 15 heavy (non-hydrogen) atoms. The number of hydrogen-bond acceptors (Lipinski definition) is 3. The van der Waals surface area contributed by atoms with Gasteiger partial charge in [-0.1, -0.05) is 6.92 Å². The van der Waals surface area contributed by atoms with E-state index in [0.717, 1.165) is 13.1 Å². The number of Topliss-reactive ketones (excluding diaryl/α,β-unsaturated/α-hetero) is 1. The van der Waals surface area contributed by atoms with Crippen LogP contribution in [0.25, 0.3) is 0 Å². The molecule has 1 aromatic rings. The van der Waals surface area contributed by atoms with E-state index in [1.165, 1.54) is 5.56 Å². The number of likely N-dealkylation sites (N-methyl/N-ethyl adjacent to an activating group) is 1. The van der Waals surface area contributed by atoms with E-state index in [1.54, 1.807) is 19.3 Å². The molecular formula is C12H18N2O. The SMILES string of the molecule is CCN(Cc1ccncc1)C(C)C(C)=O. The number of aromatic nitrogens is 1. The van der Waals surface area contributed by atoms with Gasteiger partial charge in [0.15, 0.2) is 0 Å². The molecule has 0 radical (unpaired) electrons. The summed E-state index contributed by atoms with van der Waals surface area (Å²) >= 11 is 0. The Bertz CT molecular complexity index is 311. The molecule has 0 aliphatic rings. The highest BCUT2D eigenvalue weighted by Gasteiger charge is 2.15. The van der Waals surface area contributed by atoms with E-state index >= 15 is 0 Å². The monoisotopic (exact) mass is 206 g/mol. The molecule has 0 N–H and O–H groups in total. The predicted molar refractivity (Wildman–Crippen MR) is 60.5 cm³/mol. The first-order chi connectivity index (χ1) is 7.15. The van der Waals surface area contributed by atoms with E-state index in [1.807, 2.05) is 19.1 Å². The van der Waals surface area contributed by atoms with E-state index < -0.39 is 0 Å². The smallest absolute Gasteiger partial charge is 0.146 e. The lowest BCUT2D eigenvalue weighted by atomic mass is 10.1. The van der Waals surface area contributed by atoms with Crippen molar-refractivity contribution >= 4 is 5.78 Å². The van der Waals surface area contributed by atoms with E-state index in [9.17, 15) is 4.79 Å². The first-order valence-corrected chi connectivity index (χ1v) is 5.28. The zero-order chi connectivity index (χ0) is 11.3. The maximum Gasteiger partial charge on any atom is 0.146 e. The molecule has 0 aromatic carbocycles. The Morgan fingerprint density at radius 3 is 2.53 bits per heavy atom. The van der Waals surface area contributed by atoms with Crippen molar-refractivity contribution in [2.75, 3.05) is 6.54 Å². The van der Waals surface area contributed by atoms with Gasteiger partial charge in [0.25, 0.3) is 0 Å². The maximum absolute atomic E-state index is 11.3. The van der Waals surface area contributed by atoms with Crippen molar-refractivity contribution in [2.24, 2.45) is 0 Å². The second kappa shape index (κ2) is 5.61. The van der Waals surface area contributed by atoms with Crippen molar-refractivity contribution in [1.29, 1.82) is 0 Å². The summed E-state index contributed by atoms with van der Waals surface area (Å²) in [5.41, 5.74) is 1.19. The number of carbonyl (C=O) groups is 1. The third-order valence-electron chi connectivity index (χ3n) is 2.68. The Balaban J connectivity index is 2.66. The van der Waals surface area contributed by atoms with Crippen LogP contribution in [0.2, 0.25) is 0 Å². The van der Waals surface area contributed by atoms with Crippen molar-refractivity contribution in [3.05, 3.63) is 30.1 Å². The minimum atomic E-state index is -0.0110. The molecule has 0 spiro atoms. The van der Waals surface area contributed by atoms with Crippen LogP contribution in [0.4, 0.5) is 0 Å². The van der Waals surface area contributed by atoms with Crippen LogP contribution in [-0.2, 0) is 11.3 Å². The molecular weight excluding hydrogens is 188 g/mol. The second-order valence-corrected chi connectivity index (χ2v) is 3.71. The Morgan fingerprint density at radius 2 is 2.07 bits per heavy atom. The van der Waals surface area contributed by atoms with E-state index in [4.69, 9.17) is 0 Å². The normalized spacial score (nSPS) is 12.8. The highest BCUT2D eigenvalue weighted by molar-refractivity contribution is 5.80. The average Bonchev–Trinajstić information content (AvgIpc) is 2.26. The van der Waals surface area contributed by atoms with E-state index in [2.05, 4.69) is 16.8 Å². The van der Waals surface area contributed by atoms with Crippen LogP contribution in [0, 0.1) is 0 Å². The molecule has 0 amide bonds. The summed E-state index contributed by atoms with van der Waals surface area (Å²) < 4.78 is 0. The van der Waals surface area contributed by atoms with Gasteiger partial charge >= 0.3 is 0 Å². The summed E-state index contributed by atoms with van der Waals surface area (Å²) in [5, 5.41) is 0. The lowest BCUT2D eigenvalue weighted by Gasteiger charge is -2.25. The molecule has 82 valence electrons. The maximum atomic E-state index is 11.3. The highest BCUT2D eigenvalue weighted by atomic mass is 16.1. The van der Waals surface area contributed by atoms with Gasteiger partial charge in [0.1, 0.15) is 5.78 Å². The van der Waals surface area contributed by atoms with Crippen LogP contribution in [0.1, 0.15) is 26.3 Å². The Hall–Kier alpha value is -1.22. The van der Waals surface area contributed by atoms with E-state index in [0.29, 0.717) is 0 Å². The quantitative estimate of drug-likeness (QED) is 0.737.